The predicted molar refractivity (Wildman–Crippen MR) is 115 cm³/mol. The fourth-order valence-corrected chi connectivity index (χ4v) is 3.22. The van der Waals surface area contributed by atoms with Gasteiger partial charge in [0.05, 0.1) is 6.04 Å². The van der Waals surface area contributed by atoms with Gasteiger partial charge in [0.2, 0.25) is 0 Å². The van der Waals surface area contributed by atoms with E-state index in [0.717, 1.165) is 11.1 Å². The second-order valence-electron chi connectivity index (χ2n) is 6.89. The summed E-state index contributed by atoms with van der Waals surface area (Å²) in [6.45, 7) is 0.885. The number of pyridine rings is 1. The van der Waals surface area contributed by atoms with Crippen LogP contribution in [0.5, 0.6) is 5.75 Å². The molecule has 0 aliphatic carbocycles. The Labute approximate surface area is 176 Å². The number of amides is 1. The topological polar surface area (TPSA) is 54.5 Å². The monoisotopic (exact) mass is 409 g/mol. The molecule has 1 heterocycles. The average Bonchev–Trinajstić information content (AvgIpc) is 2.74. The Kier molecular flexibility index (Phi) is 7.22. The number of nitrogens with one attached hydrogen (secondary N) is 1. The zero-order chi connectivity index (χ0) is 20.6. The van der Waals surface area contributed by atoms with Crippen LogP contribution in [-0.2, 0) is 6.61 Å². The highest BCUT2D eigenvalue weighted by molar-refractivity contribution is 6.31. The van der Waals surface area contributed by atoms with Crippen LogP contribution in [0.25, 0.3) is 0 Å². The molecule has 150 valence electrons. The molecule has 0 saturated heterocycles. The van der Waals surface area contributed by atoms with Crippen LogP contribution in [0.15, 0.2) is 73.1 Å². The lowest BCUT2D eigenvalue weighted by Gasteiger charge is -2.26. The van der Waals surface area contributed by atoms with Gasteiger partial charge in [-0.25, -0.2) is 0 Å². The van der Waals surface area contributed by atoms with Gasteiger partial charge < -0.3 is 15.0 Å². The lowest BCUT2D eigenvalue weighted by atomic mass is 10.1. The first kappa shape index (κ1) is 20.8. The number of carbonyl (C=O) groups excluding carboxylic acids is 1. The van der Waals surface area contributed by atoms with Crippen LogP contribution in [0, 0.1) is 0 Å². The molecule has 29 heavy (non-hydrogen) atoms. The maximum Gasteiger partial charge on any atom is 0.251 e. The summed E-state index contributed by atoms with van der Waals surface area (Å²) in [4.78, 5) is 18.7. The molecule has 5 nitrogen and oxygen atoms in total. The Hall–Kier alpha value is -2.89. The average molecular weight is 410 g/mol. The van der Waals surface area contributed by atoms with E-state index in [2.05, 4.69) is 10.3 Å². The number of ether oxygens (including phenoxy) is 1. The molecular formula is C23H24ClN3O2. The van der Waals surface area contributed by atoms with Gasteiger partial charge in [-0.3, -0.25) is 9.78 Å². The maximum absolute atomic E-state index is 12.6. The van der Waals surface area contributed by atoms with Crippen molar-refractivity contribution < 1.29 is 9.53 Å². The fourth-order valence-electron chi connectivity index (χ4n) is 2.96. The Morgan fingerprint density at radius 1 is 1.10 bits per heavy atom. The third-order valence-electron chi connectivity index (χ3n) is 4.59. The molecular weight excluding hydrogens is 386 g/mol. The van der Waals surface area contributed by atoms with Crippen molar-refractivity contribution in [3.8, 4) is 5.75 Å². The van der Waals surface area contributed by atoms with Crippen molar-refractivity contribution in [2.24, 2.45) is 0 Å². The zero-order valence-electron chi connectivity index (χ0n) is 16.5. The van der Waals surface area contributed by atoms with Crippen LogP contribution >= 0.6 is 11.6 Å². The Morgan fingerprint density at radius 3 is 2.52 bits per heavy atom. The highest BCUT2D eigenvalue weighted by Crippen LogP contribution is 2.25. The molecule has 1 N–H and O–H groups in total. The van der Waals surface area contributed by atoms with Gasteiger partial charge in [-0.2, -0.15) is 0 Å². The molecule has 3 aromatic rings. The molecule has 0 radical (unpaired) electrons. The van der Waals surface area contributed by atoms with Gasteiger partial charge >= 0.3 is 0 Å². The van der Waals surface area contributed by atoms with E-state index in [1.54, 1.807) is 36.7 Å². The third kappa shape index (κ3) is 5.79. The molecule has 1 amide bonds. The van der Waals surface area contributed by atoms with Gasteiger partial charge in [0, 0.05) is 35.1 Å². The van der Waals surface area contributed by atoms with Crippen molar-refractivity contribution in [2.75, 3.05) is 20.6 Å². The summed E-state index contributed by atoms with van der Waals surface area (Å²) in [5.41, 5.74) is 2.55. The first-order chi connectivity index (χ1) is 14.0. The lowest BCUT2D eigenvalue weighted by molar-refractivity contribution is 0.0942. The Bertz CT molecular complexity index is 930. The quantitative estimate of drug-likeness (QED) is 0.601. The van der Waals surface area contributed by atoms with Gasteiger partial charge in [0.25, 0.3) is 5.91 Å². The second kappa shape index (κ2) is 10.0. The summed E-state index contributed by atoms with van der Waals surface area (Å²) < 4.78 is 5.73. The highest BCUT2D eigenvalue weighted by atomic mass is 35.5. The maximum atomic E-state index is 12.6. The van der Waals surface area contributed by atoms with Crippen LogP contribution in [-0.4, -0.2) is 36.4 Å². The van der Waals surface area contributed by atoms with Gasteiger partial charge in [-0.15, -0.1) is 0 Å². The molecule has 2 aromatic carbocycles. The van der Waals surface area contributed by atoms with Crippen molar-refractivity contribution in [2.45, 2.75) is 12.6 Å². The van der Waals surface area contributed by atoms with E-state index >= 15 is 0 Å². The van der Waals surface area contributed by atoms with E-state index in [0.29, 0.717) is 29.5 Å². The van der Waals surface area contributed by atoms with Crippen LogP contribution in [0.4, 0.5) is 0 Å². The largest absolute Gasteiger partial charge is 0.489 e. The van der Waals surface area contributed by atoms with Crippen molar-refractivity contribution in [1.82, 2.24) is 15.2 Å². The lowest BCUT2D eigenvalue weighted by Crippen LogP contribution is -2.34. The van der Waals surface area contributed by atoms with Gasteiger partial charge in [0.15, 0.2) is 0 Å². The highest BCUT2D eigenvalue weighted by Gasteiger charge is 2.18. The summed E-state index contributed by atoms with van der Waals surface area (Å²) in [7, 11) is 3.93. The minimum absolute atomic E-state index is 0.0188. The summed E-state index contributed by atoms with van der Waals surface area (Å²) >= 11 is 6.33. The molecule has 0 unspecified atom stereocenters. The summed E-state index contributed by atoms with van der Waals surface area (Å²) in [5, 5.41) is 3.69. The van der Waals surface area contributed by atoms with Crippen LogP contribution in [0.2, 0.25) is 5.02 Å². The van der Waals surface area contributed by atoms with E-state index in [-0.39, 0.29) is 11.9 Å². The number of hydrogen-bond acceptors (Lipinski definition) is 4. The molecule has 0 aliphatic rings. The van der Waals surface area contributed by atoms with E-state index in [4.69, 9.17) is 16.3 Å². The molecule has 6 heteroatoms. The molecule has 0 spiro atoms. The number of carbonyl (C=O) groups is 1. The predicted octanol–water partition coefficient (Wildman–Crippen LogP) is 4.35. The molecule has 0 aliphatic heterocycles. The van der Waals surface area contributed by atoms with E-state index < -0.39 is 0 Å². The summed E-state index contributed by atoms with van der Waals surface area (Å²) in [5.74, 6) is 0.565. The number of aromatic nitrogens is 1. The van der Waals surface area contributed by atoms with Gasteiger partial charge in [0.1, 0.15) is 12.4 Å². The molecule has 1 atom stereocenters. The number of rotatable bonds is 8. The normalized spacial score (nSPS) is 11.9. The second-order valence-corrected chi connectivity index (χ2v) is 7.29. The van der Waals surface area contributed by atoms with Crippen LogP contribution in [0.3, 0.4) is 0 Å². The van der Waals surface area contributed by atoms with Crippen molar-refractivity contribution in [1.29, 1.82) is 0 Å². The number of nitrogens with zero attached hydrogens (tertiary/aromatic N) is 2. The van der Waals surface area contributed by atoms with Crippen molar-refractivity contribution in [3.63, 3.8) is 0 Å². The number of hydrogen-bond donors (Lipinski definition) is 1. The molecule has 0 bridgehead atoms. The first-order valence-corrected chi connectivity index (χ1v) is 9.73. The van der Waals surface area contributed by atoms with Crippen LogP contribution < -0.4 is 10.1 Å². The number of halogens is 1. The van der Waals surface area contributed by atoms with Crippen molar-refractivity contribution in [3.05, 3.63) is 94.8 Å². The molecule has 0 fully saturated rings. The zero-order valence-corrected chi connectivity index (χ0v) is 17.3. The molecule has 1 aromatic heterocycles. The standard InChI is InChI=1S/C23H24ClN3O2/c1-27(2)22(20-7-3-4-8-21(20)24)15-26-23(28)18-9-11-19(12-10-18)29-16-17-6-5-13-25-14-17/h3-14,22H,15-16H2,1-2H3,(H,26,28)/t22-/m1/s1. The Balaban J connectivity index is 1.58. The Morgan fingerprint density at radius 2 is 1.86 bits per heavy atom. The fraction of sp³-hybridized carbons (Fsp3) is 0.217. The van der Waals surface area contributed by atoms with Gasteiger partial charge in [-0.1, -0.05) is 35.9 Å². The van der Waals surface area contributed by atoms with Crippen LogP contribution in [0.1, 0.15) is 27.5 Å². The van der Waals surface area contributed by atoms with Crippen molar-refractivity contribution >= 4 is 17.5 Å². The minimum Gasteiger partial charge on any atom is -0.489 e. The molecule has 3 rings (SSSR count). The summed E-state index contributed by atoms with van der Waals surface area (Å²) in [6.07, 6.45) is 3.49. The first-order valence-electron chi connectivity index (χ1n) is 9.35. The van der Waals surface area contributed by atoms with E-state index in [1.807, 2.05) is 55.4 Å². The SMILES string of the molecule is CN(C)[C@H](CNC(=O)c1ccc(OCc2cccnc2)cc1)c1ccccc1Cl. The third-order valence-corrected chi connectivity index (χ3v) is 4.93. The van der Waals surface area contributed by atoms with E-state index in [9.17, 15) is 4.79 Å². The molecule has 0 saturated carbocycles. The summed E-state index contributed by atoms with van der Waals surface area (Å²) in [6, 6.07) is 18.6. The minimum atomic E-state index is -0.136. The van der Waals surface area contributed by atoms with E-state index in [1.165, 1.54) is 0 Å². The smallest absolute Gasteiger partial charge is 0.251 e. The van der Waals surface area contributed by atoms with Gasteiger partial charge in [-0.05, 0) is 56.1 Å². The number of likely N-dealkylation sites (N-methyl/N-ethyl adjacent to an activating group) is 1. The number of benzene rings is 2.